The van der Waals surface area contributed by atoms with Gasteiger partial charge in [0.05, 0.1) is 36.5 Å². The Kier molecular flexibility index (Phi) is 4.67. The van der Waals surface area contributed by atoms with Gasteiger partial charge in [-0.15, -0.1) is 0 Å². The summed E-state index contributed by atoms with van der Waals surface area (Å²) in [5.41, 5.74) is 0.961. The molecule has 1 N–H and O–H groups in total. The van der Waals surface area contributed by atoms with Crippen LogP contribution in [0.4, 0.5) is 8.78 Å². The SMILES string of the molecule is COC(=O)[C@@H]1C2CCC(CC2)C1Cc1nc(-c2[nH]nc3ncc(F)cc23)ncc1F. The first kappa shape index (κ1) is 19.0. The summed E-state index contributed by atoms with van der Waals surface area (Å²) in [4.78, 5) is 24.9. The number of nitrogens with zero attached hydrogens (tertiary/aromatic N) is 4. The van der Waals surface area contributed by atoms with Crippen molar-refractivity contribution in [3.05, 3.63) is 35.8 Å². The molecule has 3 aliphatic rings. The molecule has 7 nitrogen and oxygen atoms in total. The molecule has 3 aliphatic carbocycles. The van der Waals surface area contributed by atoms with Crippen LogP contribution in [0.15, 0.2) is 18.5 Å². The summed E-state index contributed by atoms with van der Waals surface area (Å²) in [6.07, 6.45) is 6.63. The second-order valence-corrected chi connectivity index (χ2v) is 8.20. The maximum absolute atomic E-state index is 14.7. The number of fused-ring (bicyclic) bond motifs is 4. The van der Waals surface area contributed by atoms with Crippen molar-refractivity contribution in [3.8, 4) is 11.5 Å². The molecule has 3 fully saturated rings. The van der Waals surface area contributed by atoms with Gasteiger partial charge in [-0.3, -0.25) is 9.89 Å². The van der Waals surface area contributed by atoms with Crippen molar-refractivity contribution >= 4 is 17.0 Å². The minimum absolute atomic E-state index is 0.0141. The maximum Gasteiger partial charge on any atom is 0.309 e. The van der Waals surface area contributed by atoms with Crippen LogP contribution in [0.5, 0.6) is 0 Å². The third-order valence-corrected chi connectivity index (χ3v) is 6.71. The van der Waals surface area contributed by atoms with E-state index in [1.165, 1.54) is 13.2 Å². The van der Waals surface area contributed by atoms with E-state index in [2.05, 4.69) is 25.1 Å². The molecule has 2 atom stereocenters. The fourth-order valence-electron chi connectivity index (χ4n) is 5.31. The molecule has 3 aromatic heterocycles. The van der Waals surface area contributed by atoms with Gasteiger partial charge in [-0.25, -0.2) is 23.7 Å². The molecular weight excluding hydrogens is 392 g/mol. The van der Waals surface area contributed by atoms with Crippen LogP contribution >= 0.6 is 0 Å². The number of carbonyl (C=O) groups excluding carboxylic acids is 1. The number of methoxy groups -OCH3 is 1. The Bertz CT molecular complexity index is 1110. The summed E-state index contributed by atoms with van der Waals surface area (Å²) < 4.78 is 33.4. The maximum atomic E-state index is 14.7. The molecule has 6 rings (SSSR count). The second-order valence-electron chi connectivity index (χ2n) is 8.20. The van der Waals surface area contributed by atoms with Gasteiger partial charge in [0.15, 0.2) is 17.3 Å². The van der Waals surface area contributed by atoms with Gasteiger partial charge < -0.3 is 4.74 Å². The highest BCUT2D eigenvalue weighted by atomic mass is 19.1. The average molecular weight is 413 g/mol. The highest BCUT2D eigenvalue weighted by Crippen LogP contribution is 2.50. The van der Waals surface area contributed by atoms with Gasteiger partial charge in [0.2, 0.25) is 0 Å². The largest absolute Gasteiger partial charge is 0.469 e. The Morgan fingerprint density at radius 1 is 1.17 bits per heavy atom. The Balaban J connectivity index is 1.50. The Labute approximate surface area is 171 Å². The highest BCUT2D eigenvalue weighted by Gasteiger charge is 2.47. The van der Waals surface area contributed by atoms with Crippen LogP contribution in [-0.2, 0) is 16.0 Å². The third-order valence-electron chi connectivity index (χ3n) is 6.71. The molecule has 156 valence electrons. The predicted molar refractivity (Wildman–Crippen MR) is 103 cm³/mol. The minimum Gasteiger partial charge on any atom is -0.469 e. The molecule has 0 amide bonds. The van der Waals surface area contributed by atoms with Gasteiger partial charge in [-0.1, -0.05) is 0 Å². The van der Waals surface area contributed by atoms with Crippen LogP contribution in [0.2, 0.25) is 0 Å². The molecule has 0 saturated heterocycles. The van der Waals surface area contributed by atoms with Gasteiger partial charge in [0.25, 0.3) is 0 Å². The highest BCUT2D eigenvalue weighted by molar-refractivity contribution is 5.88. The molecular formula is C21H21F2N5O2. The molecule has 1 unspecified atom stereocenters. The molecule has 30 heavy (non-hydrogen) atoms. The number of hydrogen-bond donors (Lipinski definition) is 1. The normalized spacial score (nSPS) is 25.6. The Morgan fingerprint density at radius 3 is 2.70 bits per heavy atom. The number of H-pyrrole nitrogens is 1. The number of ether oxygens (including phenoxy) is 1. The zero-order valence-electron chi connectivity index (χ0n) is 16.4. The molecule has 0 radical (unpaired) electrons. The number of esters is 1. The van der Waals surface area contributed by atoms with Crippen molar-refractivity contribution in [2.45, 2.75) is 32.1 Å². The summed E-state index contributed by atoms with van der Waals surface area (Å²) in [7, 11) is 1.40. The number of aromatic nitrogens is 5. The average Bonchev–Trinajstić information content (AvgIpc) is 3.18. The summed E-state index contributed by atoms with van der Waals surface area (Å²) in [6, 6.07) is 1.29. The fraction of sp³-hybridized carbons (Fsp3) is 0.476. The minimum atomic E-state index is -0.517. The molecule has 0 aromatic carbocycles. The fourth-order valence-corrected chi connectivity index (χ4v) is 5.31. The van der Waals surface area contributed by atoms with E-state index in [4.69, 9.17) is 4.74 Å². The zero-order chi connectivity index (χ0) is 20.8. The van der Waals surface area contributed by atoms with E-state index >= 15 is 0 Å². The van der Waals surface area contributed by atoms with E-state index in [0.29, 0.717) is 29.1 Å². The lowest BCUT2D eigenvalue weighted by molar-refractivity contribution is -0.156. The summed E-state index contributed by atoms with van der Waals surface area (Å²) in [5.74, 6) is -0.636. The lowest BCUT2D eigenvalue weighted by atomic mass is 9.57. The van der Waals surface area contributed by atoms with Crippen molar-refractivity contribution in [1.29, 1.82) is 0 Å². The summed E-state index contributed by atoms with van der Waals surface area (Å²) >= 11 is 0. The van der Waals surface area contributed by atoms with Crippen molar-refractivity contribution in [3.63, 3.8) is 0 Å². The molecule has 2 bridgehead atoms. The Hall–Kier alpha value is -2.97. The topological polar surface area (TPSA) is 93.7 Å². The van der Waals surface area contributed by atoms with Gasteiger partial charge in [-0.2, -0.15) is 5.10 Å². The van der Waals surface area contributed by atoms with Crippen molar-refractivity contribution < 1.29 is 18.3 Å². The second kappa shape index (κ2) is 7.37. The summed E-state index contributed by atoms with van der Waals surface area (Å²) in [5, 5.41) is 7.24. The zero-order valence-corrected chi connectivity index (χ0v) is 16.4. The van der Waals surface area contributed by atoms with Crippen LogP contribution in [0.25, 0.3) is 22.6 Å². The number of hydrogen-bond acceptors (Lipinski definition) is 6. The smallest absolute Gasteiger partial charge is 0.309 e. The van der Waals surface area contributed by atoms with Crippen LogP contribution in [0.3, 0.4) is 0 Å². The van der Waals surface area contributed by atoms with Crippen molar-refractivity contribution in [2.24, 2.45) is 23.7 Å². The van der Waals surface area contributed by atoms with E-state index in [1.807, 2.05) is 0 Å². The van der Waals surface area contributed by atoms with E-state index in [1.54, 1.807) is 0 Å². The van der Waals surface area contributed by atoms with E-state index in [0.717, 1.165) is 38.1 Å². The van der Waals surface area contributed by atoms with Crippen molar-refractivity contribution in [1.82, 2.24) is 25.1 Å². The number of rotatable bonds is 4. The molecule has 0 aliphatic heterocycles. The lowest BCUT2D eigenvalue weighted by Crippen LogP contribution is -2.45. The quantitative estimate of drug-likeness (QED) is 0.659. The van der Waals surface area contributed by atoms with Crippen LogP contribution in [0, 0.1) is 35.3 Å². The van der Waals surface area contributed by atoms with Gasteiger partial charge in [0.1, 0.15) is 11.5 Å². The molecule has 3 heterocycles. The van der Waals surface area contributed by atoms with Crippen LogP contribution in [0.1, 0.15) is 31.4 Å². The number of halogens is 2. The third kappa shape index (κ3) is 3.12. The monoisotopic (exact) mass is 413 g/mol. The van der Waals surface area contributed by atoms with Crippen LogP contribution in [-0.4, -0.2) is 38.2 Å². The molecule has 3 saturated carbocycles. The first-order valence-corrected chi connectivity index (χ1v) is 10.1. The van der Waals surface area contributed by atoms with Gasteiger partial charge in [-0.05, 0) is 55.9 Å². The molecule has 0 spiro atoms. The number of carbonyl (C=O) groups is 1. The first-order valence-electron chi connectivity index (χ1n) is 10.1. The first-order chi connectivity index (χ1) is 14.5. The number of aromatic amines is 1. The standard InChI is InChI=1S/C21H21F2N5O2/c1-30-21(29)17-11-4-2-10(3-5-11)13(17)7-16-15(23)9-25-20(26-16)18-14-6-12(22)8-24-19(14)28-27-18/h6,8-11,13,17H,2-5,7H2,1H3,(H,24,27,28)/t10?,11?,13?,17-/m1/s1. The Morgan fingerprint density at radius 2 is 1.93 bits per heavy atom. The lowest BCUT2D eigenvalue weighted by Gasteiger charge is -2.47. The van der Waals surface area contributed by atoms with E-state index in [9.17, 15) is 13.6 Å². The number of pyridine rings is 1. The van der Waals surface area contributed by atoms with Gasteiger partial charge >= 0.3 is 5.97 Å². The molecule has 9 heteroatoms. The molecule has 3 aromatic rings. The van der Waals surface area contributed by atoms with E-state index in [-0.39, 0.29) is 35.2 Å². The number of nitrogens with one attached hydrogen (secondary N) is 1. The van der Waals surface area contributed by atoms with Gasteiger partial charge in [0, 0.05) is 0 Å². The predicted octanol–water partition coefficient (Wildman–Crippen LogP) is 3.46. The van der Waals surface area contributed by atoms with Crippen LogP contribution < -0.4 is 0 Å². The van der Waals surface area contributed by atoms with E-state index < -0.39 is 11.6 Å². The summed E-state index contributed by atoms with van der Waals surface area (Å²) in [6.45, 7) is 0. The van der Waals surface area contributed by atoms with Crippen molar-refractivity contribution in [2.75, 3.05) is 7.11 Å².